The Morgan fingerprint density at radius 1 is 1.62 bits per heavy atom. The molecule has 2 N–H and O–H groups in total. The molecule has 0 unspecified atom stereocenters. The summed E-state index contributed by atoms with van der Waals surface area (Å²) in [5.74, 6) is -2.61. The zero-order chi connectivity index (χ0) is 9.90. The van der Waals surface area contributed by atoms with Gasteiger partial charge in [0.05, 0.1) is 6.61 Å². The van der Waals surface area contributed by atoms with Crippen LogP contribution in [0.5, 0.6) is 0 Å². The van der Waals surface area contributed by atoms with Gasteiger partial charge in [-0.25, -0.2) is 19.1 Å². The molecule has 0 atom stereocenters. The van der Waals surface area contributed by atoms with E-state index in [2.05, 4.69) is 15.6 Å². The van der Waals surface area contributed by atoms with Crippen molar-refractivity contribution in [1.82, 2.24) is 10.8 Å². The number of carbonyl (C=O) groups excluding carboxylic acids is 1. The molecule has 0 aliphatic heterocycles. The number of hydroxylamine groups is 1. The van der Waals surface area contributed by atoms with Gasteiger partial charge in [0.2, 0.25) is 0 Å². The van der Waals surface area contributed by atoms with Gasteiger partial charge in [0.15, 0.2) is 0 Å². The molecule has 0 radical (unpaired) electrons. The van der Waals surface area contributed by atoms with E-state index in [9.17, 15) is 13.6 Å². The maximum absolute atomic E-state index is 12.3. The van der Waals surface area contributed by atoms with Crippen molar-refractivity contribution in [2.24, 2.45) is 0 Å². The molecule has 0 aromatic heterocycles. The predicted molar refractivity (Wildman–Crippen MR) is 41.3 cm³/mol. The van der Waals surface area contributed by atoms with Crippen LogP contribution in [0.15, 0.2) is 0 Å². The maximum Gasteiger partial charge on any atom is 0.338 e. The number of rotatable bonds is 3. The average Bonchev–Trinajstić information content (AvgIpc) is 1.97. The summed E-state index contributed by atoms with van der Waals surface area (Å²) in [7, 11) is 0. The summed E-state index contributed by atoms with van der Waals surface area (Å²) >= 11 is 0. The Labute approximate surface area is 74.6 Å². The van der Waals surface area contributed by atoms with Crippen LogP contribution in [0.3, 0.4) is 0 Å². The topological polar surface area (TPSA) is 50.4 Å². The standard InChI is InChI=1S/C7H12F2N2O2/c1-2-13-11-6(12)10-5-3-7(8,9)4-5/h5H,2-4H2,1H3,(H2,10,11,12). The second-order valence-electron chi connectivity index (χ2n) is 2.97. The molecule has 4 nitrogen and oxygen atoms in total. The van der Waals surface area contributed by atoms with E-state index in [1.165, 1.54) is 0 Å². The minimum atomic E-state index is -2.61. The highest BCUT2D eigenvalue weighted by Gasteiger charge is 2.45. The van der Waals surface area contributed by atoms with Crippen LogP contribution in [-0.4, -0.2) is 24.6 Å². The first-order valence-electron chi connectivity index (χ1n) is 4.09. The van der Waals surface area contributed by atoms with Crippen molar-refractivity contribution in [3.05, 3.63) is 0 Å². The number of hydrogen-bond acceptors (Lipinski definition) is 2. The average molecular weight is 194 g/mol. The predicted octanol–water partition coefficient (Wildman–Crippen LogP) is 1.03. The van der Waals surface area contributed by atoms with Gasteiger partial charge in [0.25, 0.3) is 5.92 Å². The molecule has 13 heavy (non-hydrogen) atoms. The van der Waals surface area contributed by atoms with Gasteiger partial charge in [-0.2, -0.15) is 0 Å². The van der Waals surface area contributed by atoms with Gasteiger partial charge < -0.3 is 5.32 Å². The van der Waals surface area contributed by atoms with Crippen molar-refractivity contribution in [2.75, 3.05) is 6.61 Å². The third-order valence-corrected chi connectivity index (χ3v) is 1.73. The first kappa shape index (κ1) is 10.2. The highest BCUT2D eigenvalue weighted by Crippen LogP contribution is 2.37. The first-order chi connectivity index (χ1) is 6.03. The van der Waals surface area contributed by atoms with Crippen LogP contribution < -0.4 is 10.8 Å². The fraction of sp³-hybridized carbons (Fsp3) is 0.857. The molecular weight excluding hydrogens is 182 g/mol. The molecule has 0 aromatic rings. The second-order valence-corrected chi connectivity index (χ2v) is 2.97. The number of carbonyl (C=O) groups is 1. The van der Waals surface area contributed by atoms with Crippen molar-refractivity contribution in [1.29, 1.82) is 0 Å². The van der Waals surface area contributed by atoms with Crippen molar-refractivity contribution in [3.8, 4) is 0 Å². The molecular formula is C7H12F2N2O2. The molecule has 1 saturated carbocycles. The van der Waals surface area contributed by atoms with Crippen LogP contribution in [0.25, 0.3) is 0 Å². The Kier molecular flexibility index (Phi) is 3.02. The third kappa shape index (κ3) is 3.14. The Morgan fingerprint density at radius 2 is 2.23 bits per heavy atom. The molecule has 6 heteroatoms. The lowest BCUT2D eigenvalue weighted by Crippen LogP contribution is -2.53. The molecule has 0 saturated heterocycles. The highest BCUT2D eigenvalue weighted by atomic mass is 19.3. The minimum absolute atomic E-state index is 0.285. The van der Waals surface area contributed by atoms with E-state index in [0.29, 0.717) is 6.61 Å². The van der Waals surface area contributed by atoms with Gasteiger partial charge in [-0.05, 0) is 6.92 Å². The second kappa shape index (κ2) is 3.87. The Balaban J connectivity index is 2.10. The Bertz CT molecular complexity index is 191. The Morgan fingerprint density at radius 3 is 2.69 bits per heavy atom. The van der Waals surface area contributed by atoms with E-state index in [1.807, 2.05) is 0 Å². The summed E-state index contributed by atoms with van der Waals surface area (Å²) < 4.78 is 24.6. The molecule has 0 aromatic carbocycles. The lowest BCUT2D eigenvalue weighted by molar-refractivity contribution is -0.0905. The van der Waals surface area contributed by atoms with Crippen LogP contribution in [0, 0.1) is 0 Å². The molecule has 0 heterocycles. The van der Waals surface area contributed by atoms with Crippen molar-refractivity contribution < 1.29 is 18.4 Å². The lowest BCUT2D eigenvalue weighted by atomic mass is 9.88. The fourth-order valence-electron chi connectivity index (χ4n) is 1.12. The van der Waals surface area contributed by atoms with E-state index in [-0.39, 0.29) is 12.8 Å². The molecule has 1 aliphatic carbocycles. The molecule has 0 spiro atoms. The number of halogens is 2. The van der Waals surface area contributed by atoms with Crippen LogP contribution in [0.1, 0.15) is 19.8 Å². The monoisotopic (exact) mass is 194 g/mol. The molecule has 1 fully saturated rings. The van der Waals surface area contributed by atoms with Gasteiger partial charge in [-0.15, -0.1) is 0 Å². The summed E-state index contributed by atoms with van der Waals surface area (Å²) in [5.41, 5.74) is 2.06. The zero-order valence-electron chi connectivity index (χ0n) is 7.27. The number of hydrogen-bond donors (Lipinski definition) is 2. The summed E-state index contributed by atoms with van der Waals surface area (Å²) in [4.78, 5) is 15.4. The van der Waals surface area contributed by atoms with Crippen molar-refractivity contribution in [2.45, 2.75) is 31.7 Å². The molecule has 1 rings (SSSR count). The van der Waals surface area contributed by atoms with E-state index in [1.54, 1.807) is 6.92 Å². The van der Waals surface area contributed by atoms with Crippen LogP contribution in [0.4, 0.5) is 13.6 Å². The number of alkyl halides is 2. The van der Waals surface area contributed by atoms with Crippen molar-refractivity contribution >= 4 is 6.03 Å². The molecule has 1 aliphatic rings. The maximum atomic E-state index is 12.3. The van der Waals surface area contributed by atoms with Crippen LogP contribution in [-0.2, 0) is 4.84 Å². The molecule has 0 bridgehead atoms. The number of urea groups is 1. The number of amides is 2. The molecule has 76 valence electrons. The normalized spacial score (nSPS) is 20.5. The number of nitrogens with one attached hydrogen (secondary N) is 2. The van der Waals surface area contributed by atoms with Gasteiger partial charge >= 0.3 is 6.03 Å². The first-order valence-corrected chi connectivity index (χ1v) is 4.09. The summed E-state index contributed by atoms with van der Waals surface area (Å²) in [6, 6.07) is -1.00. The van der Waals surface area contributed by atoms with E-state index in [4.69, 9.17) is 0 Å². The largest absolute Gasteiger partial charge is 0.338 e. The van der Waals surface area contributed by atoms with Crippen molar-refractivity contribution in [3.63, 3.8) is 0 Å². The summed E-state index contributed by atoms with van der Waals surface area (Å²) in [6.07, 6.45) is -0.570. The third-order valence-electron chi connectivity index (χ3n) is 1.73. The smallest absolute Gasteiger partial charge is 0.333 e. The van der Waals surface area contributed by atoms with Gasteiger partial charge in [-0.3, -0.25) is 4.84 Å². The zero-order valence-corrected chi connectivity index (χ0v) is 7.27. The summed E-state index contributed by atoms with van der Waals surface area (Å²) in [5, 5.41) is 2.35. The SMILES string of the molecule is CCONC(=O)NC1CC(F)(F)C1. The lowest BCUT2D eigenvalue weighted by Gasteiger charge is -2.35. The fourth-order valence-corrected chi connectivity index (χ4v) is 1.12. The van der Waals surface area contributed by atoms with Gasteiger partial charge in [0, 0.05) is 18.9 Å². The quantitative estimate of drug-likeness (QED) is 0.659. The van der Waals surface area contributed by atoms with Gasteiger partial charge in [-0.1, -0.05) is 0 Å². The summed E-state index contributed by atoms with van der Waals surface area (Å²) in [6.45, 7) is 2.05. The van der Waals surface area contributed by atoms with E-state index < -0.39 is 18.0 Å². The van der Waals surface area contributed by atoms with E-state index >= 15 is 0 Å². The highest BCUT2D eigenvalue weighted by molar-refractivity contribution is 5.73. The Hall–Kier alpha value is -0.910. The molecule has 2 amide bonds. The minimum Gasteiger partial charge on any atom is -0.333 e. The van der Waals surface area contributed by atoms with Crippen LogP contribution >= 0.6 is 0 Å². The van der Waals surface area contributed by atoms with E-state index in [0.717, 1.165) is 0 Å². The van der Waals surface area contributed by atoms with Gasteiger partial charge in [0.1, 0.15) is 0 Å². The van der Waals surface area contributed by atoms with Crippen LogP contribution in [0.2, 0.25) is 0 Å².